The van der Waals surface area contributed by atoms with Gasteiger partial charge in [0.15, 0.2) is 5.82 Å². The minimum absolute atomic E-state index is 0.0428. The number of rotatable bonds is 5. The summed E-state index contributed by atoms with van der Waals surface area (Å²) in [4.78, 5) is 17.9. The normalized spacial score (nSPS) is 23.6. The lowest BCUT2D eigenvalue weighted by Gasteiger charge is -2.33. The van der Waals surface area contributed by atoms with Gasteiger partial charge in [-0.3, -0.25) is 4.79 Å². The molecule has 0 bridgehead atoms. The highest BCUT2D eigenvalue weighted by Crippen LogP contribution is 2.29. The first-order chi connectivity index (χ1) is 9.34. The van der Waals surface area contributed by atoms with E-state index in [0.717, 1.165) is 0 Å². The lowest BCUT2D eigenvalue weighted by Crippen LogP contribution is -2.45. The molecule has 1 aromatic rings. The molecule has 104 valence electrons. The molecule has 1 atom stereocenters. The molecule has 1 saturated heterocycles. The molecule has 1 aliphatic heterocycles. The van der Waals surface area contributed by atoms with Crippen LogP contribution in [0.2, 0.25) is 0 Å². The summed E-state index contributed by atoms with van der Waals surface area (Å²) >= 11 is 0. The minimum atomic E-state index is -0.274. The van der Waals surface area contributed by atoms with Crippen LogP contribution in [0.15, 0.2) is 10.9 Å². The highest BCUT2D eigenvalue weighted by molar-refractivity contribution is 5.78. The molecule has 0 radical (unpaired) electrons. The van der Waals surface area contributed by atoms with Crippen LogP contribution in [0.25, 0.3) is 0 Å². The molecule has 3 rings (SSSR count). The molecule has 7 nitrogen and oxygen atoms in total. The van der Waals surface area contributed by atoms with Crippen molar-refractivity contribution in [2.75, 3.05) is 33.0 Å². The summed E-state index contributed by atoms with van der Waals surface area (Å²) in [6, 6.07) is -0.274. The fraction of sp³-hybridized carbons (Fsp3) is 0.750. The zero-order valence-corrected chi connectivity index (χ0v) is 10.7. The Morgan fingerprint density at radius 2 is 2.42 bits per heavy atom. The lowest BCUT2D eigenvalue weighted by molar-refractivity contribution is -0.145. The smallest absolute Gasteiger partial charge is 0.249 e. The summed E-state index contributed by atoms with van der Waals surface area (Å²) in [6.45, 7) is 2.26. The van der Waals surface area contributed by atoms with Crippen LogP contribution in [0.4, 0.5) is 0 Å². The third-order valence-corrected chi connectivity index (χ3v) is 3.40. The van der Waals surface area contributed by atoms with E-state index in [-0.39, 0.29) is 18.6 Å². The summed E-state index contributed by atoms with van der Waals surface area (Å²) in [5.74, 6) is 1.10. The molecule has 7 heteroatoms. The van der Waals surface area contributed by atoms with Gasteiger partial charge in [-0.15, -0.1) is 0 Å². The SMILES string of the molecule is O=C(COCC1CC1)N1CCOCC1c1ncon1. The van der Waals surface area contributed by atoms with Gasteiger partial charge >= 0.3 is 0 Å². The van der Waals surface area contributed by atoms with E-state index in [1.807, 2.05) is 0 Å². The summed E-state index contributed by atoms with van der Waals surface area (Å²) < 4.78 is 15.6. The number of aromatic nitrogens is 2. The van der Waals surface area contributed by atoms with Gasteiger partial charge in [0.2, 0.25) is 12.3 Å². The van der Waals surface area contributed by atoms with Crippen molar-refractivity contribution >= 4 is 5.91 Å². The monoisotopic (exact) mass is 267 g/mol. The van der Waals surface area contributed by atoms with Crippen LogP contribution in [0.5, 0.6) is 0 Å². The van der Waals surface area contributed by atoms with Crippen molar-refractivity contribution in [2.45, 2.75) is 18.9 Å². The number of ether oxygens (including phenoxy) is 2. The van der Waals surface area contributed by atoms with Gasteiger partial charge in [-0.1, -0.05) is 5.16 Å². The van der Waals surface area contributed by atoms with E-state index in [9.17, 15) is 4.79 Å². The van der Waals surface area contributed by atoms with E-state index >= 15 is 0 Å². The minimum Gasteiger partial charge on any atom is -0.377 e. The standard InChI is InChI=1S/C12H17N3O4/c16-11(7-18-5-9-1-2-9)15-3-4-17-6-10(15)12-13-8-19-14-12/h8-10H,1-7H2. The summed E-state index contributed by atoms with van der Waals surface area (Å²) in [6.07, 6.45) is 3.70. The average Bonchev–Trinajstić information content (AvgIpc) is 3.10. The summed E-state index contributed by atoms with van der Waals surface area (Å²) in [5, 5.41) is 3.79. The van der Waals surface area contributed by atoms with Gasteiger partial charge in [0.1, 0.15) is 12.6 Å². The van der Waals surface area contributed by atoms with Gasteiger partial charge in [0.05, 0.1) is 19.8 Å². The van der Waals surface area contributed by atoms with Crippen molar-refractivity contribution in [1.29, 1.82) is 0 Å². The molecule has 1 amide bonds. The van der Waals surface area contributed by atoms with Crippen LogP contribution < -0.4 is 0 Å². The van der Waals surface area contributed by atoms with Crippen molar-refractivity contribution in [3.05, 3.63) is 12.2 Å². The Morgan fingerprint density at radius 1 is 1.53 bits per heavy atom. The fourth-order valence-corrected chi connectivity index (χ4v) is 2.12. The fourth-order valence-electron chi connectivity index (χ4n) is 2.12. The zero-order valence-electron chi connectivity index (χ0n) is 10.7. The number of morpholine rings is 1. The van der Waals surface area contributed by atoms with E-state index in [0.29, 0.717) is 38.1 Å². The second kappa shape index (κ2) is 5.66. The van der Waals surface area contributed by atoms with Crippen molar-refractivity contribution in [3.8, 4) is 0 Å². The van der Waals surface area contributed by atoms with E-state index < -0.39 is 0 Å². The van der Waals surface area contributed by atoms with Gasteiger partial charge in [-0.05, 0) is 18.8 Å². The van der Waals surface area contributed by atoms with Crippen LogP contribution in [0.1, 0.15) is 24.7 Å². The number of carbonyl (C=O) groups excluding carboxylic acids is 1. The number of amides is 1. The predicted molar refractivity (Wildman–Crippen MR) is 63.1 cm³/mol. The molecule has 0 aromatic carbocycles. The Bertz CT molecular complexity index is 419. The van der Waals surface area contributed by atoms with Crippen molar-refractivity contribution in [3.63, 3.8) is 0 Å². The molecule has 0 N–H and O–H groups in total. The first-order valence-electron chi connectivity index (χ1n) is 6.56. The Morgan fingerprint density at radius 3 is 3.16 bits per heavy atom. The first-order valence-corrected chi connectivity index (χ1v) is 6.56. The van der Waals surface area contributed by atoms with E-state index in [4.69, 9.17) is 14.0 Å². The van der Waals surface area contributed by atoms with Crippen molar-refractivity contribution in [2.24, 2.45) is 5.92 Å². The molecule has 1 aliphatic carbocycles. The van der Waals surface area contributed by atoms with E-state index in [1.54, 1.807) is 4.90 Å². The maximum Gasteiger partial charge on any atom is 0.249 e. The van der Waals surface area contributed by atoms with Crippen molar-refractivity contribution < 1.29 is 18.8 Å². The predicted octanol–water partition coefficient (Wildman–Crippen LogP) is 0.396. The van der Waals surface area contributed by atoms with Gasteiger partial charge in [0, 0.05) is 6.54 Å². The van der Waals surface area contributed by atoms with Crippen LogP contribution in [-0.2, 0) is 14.3 Å². The number of nitrogens with zero attached hydrogens (tertiary/aromatic N) is 3. The van der Waals surface area contributed by atoms with Gasteiger partial charge in [-0.2, -0.15) is 4.98 Å². The summed E-state index contributed by atoms with van der Waals surface area (Å²) in [7, 11) is 0. The van der Waals surface area contributed by atoms with Crippen LogP contribution in [0.3, 0.4) is 0 Å². The average molecular weight is 267 g/mol. The largest absolute Gasteiger partial charge is 0.377 e. The highest BCUT2D eigenvalue weighted by atomic mass is 16.5. The quantitative estimate of drug-likeness (QED) is 0.768. The topological polar surface area (TPSA) is 77.7 Å². The van der Waals surface area contributed by atoms with E-state index in [1.165, 1.54) is 19.2 Å². The molecule has 2 heterocycles. The second-order valence-electron chi connectivity index (χ2n) is 4.93. The first kappa shape index (κ1) is 12.6. The Kier molecular flexibility index (Phi) is 3.74. The van der Waals surface area contributed by atoms with E-state index in [2.05, 4.69) is 10.1 Å². The Hall–Kier alpha value is -1.47. The molecular formula is C12H17N3O4. The Labute approximate surface area is 110 Å². The third kappa shape index (κ3) is 3.10. The second-order valence-corrected chi connectivity index (χ2v) is 4.93. The maximum absolute atomic E-state index is 12.2. The Balaban J connectivity index is 1.57. The van der Waals surface area contributed by atoms with Crippen LogP contribution in [0, 0.1) is 5.92 Å². The molecular weight excluding hydrogens is 250 g/mol. The molecule has 2 fully saturated rings. The highest BCUT2D eigenvalue weighted by Gasteiger charge is 2.31. The lowest BCUT2D eigenvalue weighted by atomic mass is 10.2. The summed E-state index contributed by atoms with van der Waals surface area (Å²) in [5.41, 5.74) is 0. The molecule has 2 aliphatic rings. The maximum atomic E-state index is 12.2. The number of hydrogen-bond acceptors (Lipinski definition) is 6. The van der Waals surface area contributed by atoms with Crippen LogP contribution >= 0.6 is 0 Å². The molecule has 1 saturated carbocycles. The number of carbonyl (C=O) groups is 1. The molecule has 1 unspecified atom stereocenters. The molecule has 0 spiro atoms. The number of hydrogen-bond donors (Lipinski definition) is 0. The van der Waals surface area contributed by atoms with Gasteiger partial charge in [-0.25, -0.2) is 0 Å². The molecule has 19 heavy (non-hydrogen) atoms. The zero-order chi connectivity index (χ0) is 13.1. The van der Waals surface area contributed by atoms with Crippen molar-refractivity contribution in [1.82, 2.24) is 15.0 Å². The molecule has 1 aromatic heterocycles. The van der Waals surface area contributed by atoms with Gasteiger partial charge < -0.3 is 18.9 Å². The van der Waals surface area contributed by atoms with Gasteiger partial charge in [0.25, 0.3) is 0 Å². The third-order valence-electron chi connectivity index (χ3n) is 3.40. The van der Waals surface area contributed by atoms with Crippen LogP contribution in [-0.4, -0.2) is 53.9 Å².